The fourth-order valence-corrected chi connectivity index (χ4v) is 8.09. The minimum atomic E-state index is -0.0943. The minimum absolute atomic E-state index is 0.0943. The molecule has 1 aromatic heterocycles. The molecule has 2 unspecified atom stereocenters. The highest BCUT2D eigenvalue weighted by Gasteiger charge is 2.56. The van der Waals surface area contributed by atoms with Gasteiger partial charge in [-0.25, -0.2) is 0 Å². The predicted octanol–water partition coefficient (Wildman–Crippen LogP) is 8.26. The maximum Gasteiger partial charge on any atom is 0.142 e. The number of benzene rings is 3. The Morgan fingerprint density at radius 2 is 1.63 bits per heavy atom. The number of hydrogen-bond acceptors (Lipinski definition) is 8. The summed E-state index contributed by atoms with van der Waals surface area (Å²) in [6.07, 6.45) is 9.88. The summed E-state index contributed by atoms with van der Waals surface area (Å²) >= 11 is 6.89. The Kier molecular flexibility index (Phi) is 11.3. The predicted molar refractivity (Wildman–Crippen MR) is 204 cm³/mol. The molecule has 3 heterocycles. The van der Waals surface area contributed by atoms with Crippen LogP contribution in [0.15, 0.2) is 67.0 Å². The number of aliphatic hydroxyl groups is 1. The quantitative estimate of drug-likeness (QED) is 0.130. The largest absolute Gasteiger partial charge is 0.493 e. The molecule has 7 rings (SSSR count). The molecule has 3 aliphatic rings. The van der Waals surface area contributed by atoms with Gasteiger partial charge in [0.1, 0.15) is 36.5 Å². The van der Waals surface area contributed by atoms with Crippen molar-refractivity contribution >= 4 is 11.6 Å². The fourth-order valence-electron chi connectivity index (χ4n) is 7.85. The summed E-state index contributed by atoms with van der Waals surface area (Å²) in [6.45, 7) is 11.5. The monoisotopic (exact) mass is 720 g/mol. The van der Waals surface area contributed by atoms with Gasteiger partial charge >= 0.3 is 0 Å². The highest BCUT2D eigenvalue weighted by Crippen LogP contribution is 2.52. The van der Waals surface area contributed by atoms with Crippen molar-refractivity contribution in [1.82, 2.24) is 14.8 Å². The van der Waals surface area contributed by atoms with Crippen molar-refractivity contribution in [3.8, 4) is 34.4 Å². The van der Waals surface area contributed by atoms with Crippen molar-refractivity contribution in [2.24, 2.45) is 5.41 Å². The minimum Gasteiger partial charge on any atom is -0.493 e. The number of nitrogens with zero attached hydrogens (tertiary/aromatic N) is 4. The summed E-state index contributed by atoms with van der Waals surface area (Å²) in [5.74, 6) is 2.20. The van der Waals surface area contributed by atoms with Gasteiger partial charge in [-0.15, -0.1) is 0 Å². The van der Waals surface area contributed by atoms with Crippen LogP contribution < -0.4 is 14.2 Å². The molecule has 1 aliphatic carbocycles. The van der Waals surface area contributed by atoms with Gasteiger partial charge in [0.05, 0.1) is 23.3 Å². The van der Waals surface area contributed by atoms with Crippen LogP contribution in [0.1, 0.15) is 71.9 Å². The van der Waals surface area contributed by atoms with E-state index in [1.54, 1.807) is 18.5 Å². The number of halogens is 1. The second-order valence-corrected chi connectivity index (χ2v) is 15.2. The molecule has 2 saturated heterocycles. The summed E-state index contributed by atoms with van der Waals surface area (Å²) in [4.78, 5) is 9.11. The number of likely N-dealkylation sites (tertiary alicyclic amines) is 2. The first-order valence-corrected chi connectivity index (χ1v) is 19.1. The van der Waals surface area contributed by atoms with Crippen molar-refractivity contribution in [3.63, 3.8) is 0 Å². The summed E-state index contributed by atoms with van der Waals surface area (Å²) in [7, 11) is 0. The Morgan fingerprint density at radius 1 is 0.865 bits per heavy atom. The maximum atomic E-state index is 9.99. The van der Waals surface area contributed by atoms with Gasteiger partial charge in [0.25, 0.3) is 0 Å². The molecule has 8 nitrogen and oxygen atoms in total. The number of pyridine rings is 1. The maximum absolute atomic E-state index is 9.99. The Bertz CT molecular complexity index is 1920. The highest BCUT2D eigenvalue weighted by atomic mass is 35.5. The van der Waals surface area contributed by atoms with Crippen molar-refractivity contribution in [3.05, 3.63) is 105 Å². The van der Waals surface area contributed by atoms with Gasteiger partial charge in [-0.2, -0.15) is 5.26 Å². The van der Waals surface area contributed by atoms with Crippen LogP contribution >= 0.6 is 11.6 Å². The van der Waals surface area contributed by atoms with E-state index < -0.39 is 0 Å². The van der Waals surface area contributed by atoms with Crippen LogP contribution in [0.25, 0.3) is 11.1 Å². The van der Waals surface area contributed by atoms with Crippen molar-refractivity contribution in [1.29, 1.82) is 5.26 Å². The first kappa shape index (κ1) is 36.2. The van der Waals surface area contributed by atoms with Gasteiger partial charge in [-0.05, 0) is 112 Å². The molecule has 0 amide bonds. The molecule has 1 N–H and O–H groups in total. The van der Waals surface area contributed by atoms with Crippen molar-refractivity contribution < 1.29 is 19.3 Å². The third kappa shape index (κ3) is 8.40. The molecule has 52 heavy (non-hydrogen) atoms. The Balaban J connectivity index is 1.03. The lowest BCUT2D eigenvalue weighted by molar-refractivity contribution is 0.210. The van der Waals surface area contributed by atoms with E-state index in [0.717, 1.165) is 109 Å². The smallest absolute Gasteiger partial charge is 0.142 e. The lowest BCUT2D eigenvalue weighted by atomic mass is 9.93. The average Bonchev–Trinajstić information content (AvgIpc) is 3.59. The molecule has 0 bridgehead atoms. The lowest BCUT2D eigenvalue weighted by Gasteiger charge is -2.27. The van der Waals surface area contributed by atoms with Crippen LogP contribution in [0, 0.1) is 30.6 Å². The molecule has 3 fully saturated rings. The first-order chi connectivity index (χ1) is 25.3. The summed E-state index contributed by atoms with van der Waals surface area (Å²) in [5, 5.41) is 19.9. The van der Waals surface area contributed by atoms with Crippen LogP contribution in [0.3, 0.4) is 0 Å². The van der Waals surface area contributed by atoms with Gasteiger partial charge in [0, 0.05) is 54.6 Å². The molecule has 2 aliphatic heterocycles. The Labute approximate surface area is 312 Å². The second-order valence-electron chi connectivity index (χ2n) is 14.8. The van der Waals surface area contributed by atoms with E-state index in [1.807, 2.05) is 12.1 Å². The number of nitriles is 1. The summed E-state index contributed by atoms with van der Waals surface area (Å²) < 4.78 is 19.1. The van der Waals surface area contributed by atoms with Crippen LogP contribution in [0.4, 0.5) is 0 Å². The van der Waals surface area contributed by atoms with Crippen LogP contribution in [0.5, 0.6) is 17.2 Å². The number of hydrogen-bond donors (Lipinski definition) is 1. The molecule has 3 aromatic carbocycles. The SMILES string of the molecule is Cc1c(COc2cc(OCc3cncc(C#N)c3)c(CN3CCCCC3)cc2Cl)cccc1-c1cccc(OCCCN2CCC3(CC3O)C2)c1C. The summed E-state index contributed by atoms with van der Waals surface area (Å²) in [6, 6.07) is 20.4. The number of aromatic nitrogens is 1. The van der Waals surface area contributed by atoms with E-state index in [4.69, 9.17) is 25.8 Å². The zero-order valence-corrected chi connectivity index (χ0v) is 31.1. The third-order valence-electron chi connectivity index (χ3n) is 11.2. The Morgan fingerprint density at radius 3 is 2.40 bits per heavy atom. The van der Waals surface area contributed by atoms with Crippen LogP contribution in [-0.4, -0.2) is 65.3 Å². The van der Waals surface area contributed by atoms with Gasteiger partial charge < -0.3 is 24.2 Å². The normalized spacial score (nSPS) is 20.2. The highest BCUT2D eigenvalue weighted by molar-refractivity contribution is 6.32. The molecule has 1 spiro atoms. The van der Waals surface area contributed by atoms with Crippen LogP contribution in [0.2, 0.25) is 5.02 Å². The molecular weight excluding hydrogens is 672 g/mol. The second kappa shape index (κ2) is 16.3. The van der Waals surface area contributed by atoms with E-state index in [1.165, 1.54) is 19.3 Å². The number of piperidine rings is 1. The lowest BCUT2D eigenvalue weighted by Crippen LogP contribution is -2.29. The summed E-state index contributed by atoms with van der Waals surface area (Å²) in [5.41, 5.74) is 8.17. The van der Waals surface area contributed by atoms with E-state index in [-0.39, 0.29) is 18.1 Å². The molecule has 1 saturated carbocycles. The van der Waals surface area contributed by atoms with Gasteiger partial charge in [-0.1, -0.05) is 48.4 Å². The Hall–Kier alpha value is -4.13. The number of rotatable bonds is 14. The molecule has 0 radical (unpaired) electrons. The third-order valence-corrected chi connectivity index (χ3v) is 11.5. The average molecular weight is 721 g/mol. The molecular formula is C43H49ClN4O4. The zero-order chi connectivity index (χ0) is 36.1. The first-order valence-electron chi connectivity index (χ1n) is 18.7. The van der Waals surface area contributed by atoms with E-state index in [2.05, 4.69) is 71.1 Å². The fraction of sp³-hybridized carbons (Fsp3) is 0.442. The topological polar surface area (TPSA) is 91.1 Å². The molecule has 2 atom stereocenters. The van der Waals surface area contributed by atoms with Gasteiger partial charge in [-0.3, -0.25) is 9.88 Å². The van der Waals surface area contributed by atoms with Gasteiger partial charge in [0.15, 0.2) is 0 Å². The molecule has 9 heteroatoms. The standard InChI is InChI=1S/C43H49ClN4O4/c1-30-34(9-6-10-36(30)37-11-7-12-39(31(37)2)50-18-8-16-48-17-13-43(29-48)22-42(43)49)28-52-41-21-40(51-27-33-19-32(23-45)24-46-25-33)35(20-38(41)44)26-47-14-4-3-5-15-47/h6-7,9-12,19-21,24-25,42,49H,3-5,8,13-18,22,26-29H2,1-2H3. The molecule has 272 valence electrons. The van der Waals surface area contributed by atoms with Gasteiger partial charge in [0.2, 0.25) is 0 Å². The zero-order valence-electron chi connectivity index (χ0n) is 30.4. The molecule has 4 aromatic rings. The number of ether oxygens (including phenoxy) is 3. The van der Waals surface area contributed by atoms with Crippen LogP contribution in [-0.2, 0) is 19.8 Å². The van der Waals surface area contributed by atoms with E-state index in [9.17, 15) is 10.4 Å². The number of aliphatic hydroxyl groups excluding tert-OH is 1. The van der Waals surface area contributed by atoms with E-state index in [0.29, 0.717) is 29.5 Å². The van der Waals surface area contributed by atoms with Crippen molar-refractivity contribution in [2.75, 3.05) is 39.3 Å². The van der Waals surface area contributed by atoms with E-state index >= 15 is 0 Å². The van der Waals surface area contributed by atoms with Crippen molar-refractivity contribution in [2.45, 2.75) is 78.2 Å².